The Morgan fingerprint density at radius 1 is 0.913 bits per heavy atom. The standard InChI is InChI=1S/C34H47N7O5/c1-8-17-36-29-27(23-38-31(40-29)37-20-16-24-14-18-35-19-15-24)30(43)39-25-11-9-12-26(22-25)41(32(44)46-34(5,6)7)21-10-13-28(42)45-33(2,3)4/h9,11-12,14-15,18-19,22-23H,8,10,13,16-17,20-21H2,1-7H3,(H,39,43)(H2,36,37,38,40). The molecule has 2 amide bonds. The Labute approximate surface area is 271 Å². The largest absolute Gasteiger partial charge is 0.460 e. The van der Waals surface area contributed by atoms with Gasteiger partial charge in [-0.2, -0.15) is 4.98 Å². The Hall–Kier alpha value is -4.74. The molecule has 0 saturated heterocycles. The van der Waals surface area contributed by atoms with E-state index in [4.69, 9.17) is 9.47 Å². The molecule has 0 saturated carbocycles. The first kappa shape index (κ1) is 35.7. The fraction of sp³-hybridized carbons (Fsp3) is 0.471. The molecule has 3 rings (SSSR count). The van der Waals surface area contributed by atoms with Crippen molar-refractivity contribution in [1.82, 2.24) is 15.0 Å². The van der Waals surface area contributed by atoms with Crippen LogP contribution in [0.1, 0.15) is 83.7 Å². The second-order valence-corrected chi connectivity index (χ2v) is 12.7. The minimum Gasteiger partial charge on any atom is -0.460 e. The quantitative estimate of drug-likeness (QED) is 0.169. The number of ether oxygens (including phenoxy) is 2. The van der Waals surface area contributed by atoms with Gasteiger partial charge in [0.25, 0.3) is 5.91 Å². The molecule has 0 spiro atoms. The average molecular weight is 634 g/mol. The number of aromatic nitrogens is 3. The van der Waals surface area contributed by atoms with E-state index in [0.29, 0.717) is 42.7 Å². The van der Waals surface area contributed by atoms with Crippen molar-refractivity contribution in [3.05, 3.63) is 66.1 Å². The number of anilines is 4. The van der Waals surface area contributed by atoms with Crippen LogP contribution in [0.15, 0.2) is 55.0 Å². The molecular weight excluding hydrogens is 586 g/mol. The fourth-order valence-electron chi connectivity index (χ4n) is 4.25. The Bertz CT molecular complexity index is 1450. The highest BCUT2D eigenvalue weighted by atomic mass is 16.6. The van der Waals surface area contributed by atoms with E-state index in [9.17, 15) is 14.4 Å². The molecule has 0 radical (unpaired) electrons. The maximum Gasteiger partial charge on any atom is 0.414 e. The van der Waals surface area contributed by atoms with Gasteiger partial charge in [-0.25, -0.2) is 9.78 Å². The number of hydrogen-bond donors (Lipinski definition) is 3. The molecule has 248 valence electrons. The number of amides is 2. The highest BCUT2D eigenvalue weighted by Crippen LogP contribution is 2.24. The maximum absolute atomic E-state index is 13.5. The number of hydrogen-bond acceptors (Lipinski definition) is 10. The molecule has 0 atom stereocenters. The Balaban J connectivity index is 1.75. The Morgan fingerprint density at radius 2 is 1.63 bits per heavy atom. The number of benzene rings is 1. The molecule has 0 bridgehead atoms. The summed E-state index contributed by atoms with van der Waals surface area (Å²) in [6.07, 6.45) is 6.53. The van der Waals surface area contributed by atoms with Crippen molar-refractivity contribution in [3.8, 4) is 0 Å². The molecule has 3 N–H and O–H groups in total. The van der Waals surface area contributed by atoms with Crippen LogP contribution in [0.4, 0.5) is 27.9 Å². The van der Waals surface area contributed by atoms with E-state index in [0.717, 1.165) is 18.4 Å². The highest BCUT2D eigenvalue weighted by Gasteiger charge is 2.25. The van der Waals surface area contributed by atoms with Crippen LogP contribution in [0, 0.1) is 0 Å². The summed E-state index contributed by atoms with van der Waals surface area (Å²) in [5, 5.41) is 9.34. The second kappa shape index (κ2) is 16.5. The summed E-state index contributed by atoms with van der Waals surface area (Å²) in [5.41, 5.74) is 1.06. The van der Waals surface area contributed by atoms with Gasteiger partial charge < -0.3 is 25.4 Å². The lowest BCUT2D eigenvalue weighted by Gasteiger charge is -2.28. The smallest absolute Gasteiger partial charge is 0.414 e. The van der Waals surface area contributed by atoms with Gasteiger partial charge in [0.2, 0.25) is 5.95 Å². The number of nitrogens with one attached hydrogen (secondary N) is 3. The van der Waals surface area contributed by atoms with E-state index in [2.05, 4.69) is 30.9 Å². The van der Waals surface area contributed by atoms with E-state index in [1.54, 1.807) is 57.4 Å². The van der Waals surface area contributed by atoms with Crippen LogP contribution in [0.2, 0.25) is 0 Å². The molecule has 0 aliphatic carbocycles. The van der Waals surface area contributed by atoms with Gasteiger partial charge in [-0.1, -0.05) is 13.0 Å². The van der Waals surface area contributed by atoms with Gasteiger partial charge in [0, 0.05) is 56.0 Å². The van der Waals surface area contributed by atoms with Crippen LogP contribution in [0.25, 0.3) is 0 Å². The number of pyridine rings is 1. The van der Waals surface area contributed by atoms with Crippen LogP contribution < -0.4 is 20.9 Å². The monoisotopic (exact) mass is 633 g/mol. The summed E-state index contributed by atoms with van der Waals surface area (Å²) in [7, 11) is 0. The predicted octanol–water partition coefficient (Wildman–Crippen LogP) is 6.46. The van der Waals surface area contributed by atoms with Crippen LogP contribution in [-0.2, 0) is 20.7 Å². The third-order valence-electron chi connectivity index (χ3n) is 6.23. The molecule has 0 aliphatic rings. The number of esters is 1. The molecule has 0 fully saturated rings. The number of nitrogens with zero attached hydrogens (tertiary/aromatic N) is 4. The van der Waals surface area contributed by atoms with E-state index in [1.165, 1.54) is 11.1 Å². The van der Waals surface area contributed by atoms with Crippen molar-refractivity contribution in [3.63, 3.8) is 0 Å². The summed E-state index contributed by atoms with van der Waals surface area (Å²) >= 11 is 0. The van der Waals surface area contributed by atoms with Crippen LogP contribution in [0.3, 0.4) is 0 Å². The lowest BCUT2D eigenvalue weighted by molar-refractivity contribution is -0.154. The normalized spacial score (nSPS) is 11.4. The predicted molar refractivity (Wildman–Crippen MR) is 180 cm³/mol. The molecule has 0 aliphatic heterocycles. The molecule has 46 heavy (non-hydrogen) atoms. The molecular formula is C34H47N7O5. The van der Waals surface area contributed by atoms with Crippen molar-refractivity contribution in [2.24, 2.45) is 0 Å². The van der Waals surface area contributed by atoms with Gasteiger partial charge in [-0.05, 0) is 96.7 Å². The first-order valence-electron chi connectivity index (χ1n) is 15.6. The molecule has 2 aromatic heterocycles. The Morgan fingerprint density at radius 3 is 2.30 bits per heavy atom. The zero-order valence-corrected chi connectivity index (χ0v) is 28.0. The second-order valence-electron chi connectivity index (χ2n) is 12.7. The zero-order valence-electron chi connectivity index (χ0n) is 28.0. The molecule has 3 aromatic rings. The van der Waals surface area contributed by atoms with Crippen molar-refractivity contribution >= 4 is 41.1 Å². The lowest BCUT2D eigenvalue weighted by atomic mass is 10.2. The summed E-state index contributed by atoms with van der Waals surface area (Å²) in [5.74, 6) is 0.0650. The van der Waals surface area contributed by atoms with E-state index < -0.39 is 23.2 Å². The molecule has 12 nitrogen and oxygen atoms in total. The van der Waals surface area contributed by atoms with E-state index >= 15 is 0 Å². The third-order valence-corrected chi connectivity index (χ3v) is 6.23. The average Bonchev–Trinajstić information content (AvgIpc) is 2.97. The van der Waals surface area contributed by atoms with E-state index in [1.807, 2.05) is 39.8 Å². The Kier molecular flexibility index (Phi) is 12.8. The first-order chi connectivity index (χ1) is 21.7. The molecule has 2 heterocycles. The van der Waals surface area contributed by atoms with Crippen molar-refractivity contribution in [2.45, 2.75) is 85.4 Å². The van der Waals surface area contributed by atoms with Gasteiger partial charge in [0.1, 0.15) is 22.6 Å². The number of rotatable bonds is 14. The minimum atomic E-state index is -0.728. The fourth-order valence-corrected chi connectivity index (χ4v) is 4.25. The van der Waals surface area contributed by atoms with Crippen molar-refractivity contribution in [1.29, 1.82) is 0 Å². The van der Waals surface area contributed by atoms with E-state index in [-0.39, 0.29) is 24.5 Å². The molecule has 1 aromatic carbocycles. The van der Waals surface area contributed by atoms with Gasteiger partial charge in [0.05, 0.1) is 0 Å². The van der Waals surface area contributed by atoms with Gasteiger partial charge in [0.15, 0.2) is 0 Å². The van der Waals surface area contributed by atoms with Gasteiger partial charge in [-0.3, -0.25) is 19.5 Å². The number of carbonyl (C=O) groups is 3. The minimum absolute atomic E-state index is 0.134. The van der Waals surface area contributed by atoms with Crippen LogP contribution in [-0.4, -0.2) is 63.8 Å². The summed E-state index contributed by atoms with van der Waals surface area (Å²) in [4.78, 5) is 53.4. The summed E-state index contributed by atoms with van der Waals surface area (Å²) in [6.45, 7) is 14.3. The summed E-state index contributed by atoms with van der Waals surface area (Å²) in [6, 6.07) is 10.8. The van der Waals surface area contributed by atoms with Gasteiger partial charge >= 0.3 is 12.1 Å². The number of carbonyl (C=O) groups excluding carboxylic acids is 3. The highest BCUT2D eigenvalue weighted by molar-refractivity contribution is 6.07. The van der Waals surface area contributed by atoms with Crippen molar-refractivity contribution < 1.29 is 23.9 Å². The third kappa shape index (κ3) is 12.3. The lowest BCUT2D eigenvalue weighted by Crippen LogP contribution is -2.38. The van der Waals surface area contributed by atoms with Crippen molar-refractivity contribution in [2.75, 3.05) is 40.5 Å². The SMILES string of the molecule is CCCNc1nc(NCCc2ccncc2)ncc1C(=O)Nc1cccc(N(CCCC(=O)OC(C)(C)C)C(=O)OC(C)(C)C)c1. The molecule has 12 heteroatoms. The maximum atomic E-state index is 13.5. The molecule has 0 unspecified atom stereocenters. The topological polar surface area (TPSA) is 148 Å². The zero-order chi connectivity index (χ0) is 33.7. The first-order valence-corrected chi connectivity index (χ1v) is 15.6. The van der Waals surface area contributed by atoms with Gasteiger partial charge in [-0.15, -0.1) is 0 Å². The van der Waals surface area contributed by atoms with Crippen LogP contribution in [0.5, 0.6) is 0 Å². The summed E-state index contributed by atoms with van der Waals surface area (Å²) < 4.78 is 11.1. The van der Waals surface area contributed by atoms with Crippen LogP contribution >= 0.6 is 0 Å².